The molecule has 2 aromatic heterocycles. The molecule has 132 valence electrons. The summed E-state index contributed by atoms with van der Waals surface area (Å²) in [7, 11) is 0. The van der Waals surface area contributed by atoms with Crippen molar-refractivity contribution in [1.82, 2.24) is 19.8 Å². The molecular weight excluding hydrogens is 316 g/mol. The molecule has 1 aliphatic rings. The summed E-state index contributed by atoms with van der Waals surface area (Å²) in [6.45, 7) is 5.05. The topological polar surface area (TPSA) is 67.2 Å². The van der Waals surface area contributed by atoms with Gasteiger partial charge >= 0.3 is 0 Å². The zero-order valence-electron chi connectivity index (χ0n) is 14.7. The Kier molecular flexibility index (Phi) is 5.16. The fourth-order valence-corrected chi connectivity index (χ4v) is 3.22. The van der Waals surface area contributed by atoms with Gasteiger partial charge in [0.15, 0.2) is 0 Å². The van der Waals surface area contributed by atoms with Crippen LogP contribution in [0.15, 0.2) is 42.9 Å². The second kappa shape index (κ2) is 7.51. The van der Waals surface area contributed by atoms with Gasteiger partial charge in [-0.2, -0.15) is 0 Å². The fraction of sp³-hybridized carbons (Fsp3) is 0.421. The van der Waals surface area contributed by atoms with Gasteiger partial charge in [-0.05, 0) is 51.0 Å². The number of hydrogen-bond acceptors (Lipinski definition) is 3. The van der Waals surface area contributed by atoms with Crippen LogP contribution >= 0.6 is 0 Å². The van der Waals surface area contributed by atoms with E-state index in [4.69, 9.17) is 0 Å². The number of carbonyl (C=O) groups excluding carboxylic acids is 2. The summed E-state index contributed by atoms with van der Waals surface area (Å²) in [6.07, 6.45) is 6.96. The zero-order valence-corrected chi connectivity index (χ0v) is 14.7. The lowest BCUT2D eigenvalue weighted by Crippen LogP contribution is -2.47. The lowest BCUT2D eigenvalue weighted by Gasteiger charge is -2.32. The van der Waals surface area contributed by atoms with Gasteiger partial charge in [-0.25, -0.2) is 0 Å². The Morgan fingerprint density at radius 2 is 2.12 bits per heavy atom. The van der Waals surface area contributed by atoms with Crippen molar-refractivity contribution in [1.29, 1.82) is 0 Å². The second-order valence-electron chi connectivity index (χ2n) is 6.73. The van der Waals surface area contributed by atoms with E-state index in [1.165, 1.54) is 0 Å². The molecule has 0 spiro atoms. The van der Waals surface area contributed by atoms with Crippen molar-refractivity contribution >= 4 is 11.8 Å². The Hall–Kier alpha value is -2.63. The summed E-state index contributed by atoms with van der Waals surface area (Å²) in [5, 5.41) is 2.95. The maximum absolute atomic E-state index is 13.0. The molecule has 3 rings (SSSR count). The monoisotopic (exact) mass is 340 g/mol. The molecule has 0 bridgehead atoms. The molecule has 0 radical (unpaired) electrons. The van der Waals surface area contributed by atoms with Gasteiger partial charge in [0.25, 0.3) is 5.91 Å². The highest BCUT2D eigenvalue weighted by Gasteiger charge is 2.30. The number of amides is 2. The van der Waals surface area contributed by atoms with Crippen LogP contribution in [0.25, 0.3) is 5.69 Å². The summed E-state index contributed by atoms with van der Waals surface area (Å²) in [5.41, 5.74) is 1.44. The average Bonchev–Trinajstić information content (AvgIpc) is 3.11. The second-order valence-corrected chi connectivity index (χ2v) is 6.73. The molecule has 1 unspecified atom stereocenters. The highest BCUT2D eigenvalue weighted by atomic mass is 16.2. The van der Waals surface area contributed by atoms with Crippen molar-refractivity contribution in [2.75, 3.05) is 13.1 Å². The van der Waals surface area contributed by atoms with E-state index >= 15 is 0 Å². The Bertz CT molecular complexity index is 739. The number of carbonyl (C=O) groups is 2. The summed E-state index contributed by atoms with van der Waals surface area (Å²) >= 11 is 0. The third kappa shape index (κ3) is 3.90. The quantitative estimate of drug-likeness (QED) is 0.928. The van der Waals surface area contributed by atoms with Crippen molar-refractivity contribution in [3.63, 3.8) is 0 Å². The van der Waals surface area contributed by atoms with Crippen LogP contribution in [0.1, 0.15) is 37.2 Å². The molecule has 0 aliphatic carbocycles. The number of nitrogens with zero attached hydrogens (tertiary/aromatic N) is 3. The lowest BCUT2D eigenvalue weighted by atomic mass is 9.96. The van der Waals surface area contributed by atoms with Crippen LogP contribution in [0.4, 0.5) is 0 Å². The van der Waals surface area contributed by atoms with Gasteiger partial charge < -0.3 is 14.8 Å². The molecule has 1 saturated heterocycles. The third-order valence-electron chi connectivity index (χ3n) is 4.40. The minimum absolute atomic E-state index is 0.0372. The molecule has 6 nitrogen and oxygen atoms in total. The number of rotatable bonds is 4. The fourth-order valence-electron chi connectivity index (χ4n) is 3.22. The van der Waals surface area contributed by atoms with Gasteiger partial charge in [-0.15, -0.1) is 0 Å². The number of piperidine rings is 1. The van der Waals surface area contributed by atoms with Gasteiger partial charge in [0.05, 0.1) is 17.8 Å². The summed E-state index contributed by atoms with van der Waals surface area (Å²) in [5.74, 6) is -0.145. The number of likely N-dealkylation sites (tertiary alicyclic amines) is 1. The lowest BCUT2D eigenvalue weighted by molar-refractivity contribution is -0.126. The molecule has 6 heteroatoms. The van der Waals surface area contributed by atoms with E-state index in [1.54, 1.807) is 17.3 Å². The minimum atomic E-state index is -0.137. The van der Waals surface area contributed by atoms with Gasteiger partial charge in [-0.3, -0.25) is 14.6 Å². The van der Waals surface area contributed by atoms with E-state index in [0.717, 1.165) is 18.5 Å². The molecule has 2 aromatic rings. The number of aromatic nitrogens is 2. The van der Waals surface area contributed by atoms with Gasteiger partial charge in [0.2, 0.25) is 5.91 Å². The Balaban J connectivity index is 1.76. The Morgan fingerprint density at radius 1 is 1.28 bits per heavy atom. The summed E-state index contributed by atoms with van der Waals surface area (Å²) in [4.78, 5) is 31.2. The normalized spacial score (nSPS) is 17.6. The molecule has 1 atom stereocenters. The van der Waals surface area contributed by atoms with Crippen molar-refractivity contribution in [3.05, 3.63) is 48.5 Å². The first-order valence-electron chi connectivity index (χ1n) is 8.73. The predicted octanol–water partition coefficient (Wildman–Crippen LogP) is 2.25. The van der Waals surface area contributed by atoms with E-state index < -0.39 is 0 Å². The van der Waals surface area contributed by atoms with E-state index in [2.05, 4.69) is 10.3 Å². The molecule has 2 amide bonds. The van der Waals surface area contributed by atoms with Gasteiger partial charge in [-0.1, -0.05) is 0 Å². The molecule has 1 aliphatic heterocycles. The first kappa shape index (κ1) is 17.2. The van der Waals surface area contributed by atoms with Crippen LogP contribution in [0.5, 0.6) is 0 Å². The number of hydrogen-bond donors (Lipinski definition) is 1. The smallest absolute Gasteiger partial charge is 0.270 e. The number of nitrogens with one attached hydrogen (secondary N) is 1. The largest absolute Gasteiger partial charge is 0.354 e. The predicted molar refractivity (Wildman–Crippen MR) is 95.5 cm³/mol. The van der Waals surface area contributed by atoms with Crippen LogP contribution in [0.2, 0.25) is 0 Å². The SMILES string of the molecule is CC(C)NC(=O)C1CCCN(C(=O)c2cccn2-c2cccnc2)C1. The number of pyridine rings is 1. The van der Waals surface area contributed by atoms with Crippen molar-refractivity contribution in [2.45, 2.75) is 32.7 Å². The molecule has 3 heterocycles. The Morgan fingerprint density at radius 3 is 2.84 bits per heavy atom. The van der Waals surface area contributed by atoms with E-state index in [0.29, 0.717) is 18.8 Å². The molecule has 0 aromatic carbocycles. The Labute approximate surface area is 147 Å². The molecule has 1 N–H and O–H groups in total. The van der Waals surface area contributed by atoms with Crippen molar-refractivity contribution in [2.24, 2.45) is 5.92 Å². The maximum Gasteiger partial charge on any atom is 0.270 e. The third-order valence-corrected chi connectivity index (χ3v) is 4.40. The standard InChI is InChI=1S/C19H24N4O2/c1-14(2)21-18(24)15-6-4-10-22(13-15)19(25)17-8-5-11-23(17)16-7-3-9-20-12-16/h3,5,7-9,11-12,14-15H,4,6,10,13H2,1-2H3,(H,21,24). The van der Waals surface area contributed by atoms with Crippen LogP contribution in [-0.4, -0.2) is 45.4 Å². The van der Waals surface area contributed by atoms with Crippen LogP contribution in [-0.2, 0) is 4.79 Å². The molecular formula is C19H24N4O2. The highest BCUT2D eigenvalue weighted by molar-refractivity contribution is 5.94. The summed E-state index contributed by atoms with van der Waals surface area (Å²) in [6, 6.07) is 7.54. The van der Waals surface area contributed by atoms with E-state index in [-0.39, 0.29) is 23.8 Å². The summed E-state index contributed by atoms with van der Waals surface area (Å²) < 4.78 is 1.84. The molecule has 1 fully saturated rings. The highest BCUT2D eigenvalue weighted by Crippen LogP contribution is 2.20. The van der Waals surface area contributed by atoms with Crippen molar-refractivity contribution in [3.8, 4) is 5.69 Å². The van der Waals surface area contributed by atoms with E-state index in [9.17, 15) is 9.59 Å². The first-order chi connectivity index (χ1) is 12.1. The maximum atomic E-state index is 13.0. The van der Waals surface area contributed by atoms with Gasteiger partial charge in [0, 0.05) is 31.5 Å². The zero-order chi connectivity index (χ0) is 17.8. The van der Waals surface area contributed by atoms with Crippen LogP contribution < -0.4 is 5.32 Å². The molecule has 25 heavy (non-hydrogen) atoms. The average molecular weight is 340 g/mol. The first-order valence-corrected chi connectivity index (χ1v) is 8.73. The van der Waals surface area contributed by atoms with E-state index in [1.807, 2.05) is 48.9 Å². The molecule has 0 saturated carbocycles. The van der Waals surface area contributed by atoms with Crippen molar-refractivity contribution < 1.29 is 9.59 Å². The van der Waals surface area contributed by atoms with Crippen LogP contribution in [0, 0.1) is 5.92 Å². The van der Waals surface area contributed by atoms with Crippen LogP contribution in [0.3, 0.4) is 0 Å². The minimum Gasteiger partial charge on any atom is -0.354 e. The van der Waals surface area contributed by atoms with Gasteiger partial charge in [0.1, 0.15) is 5.69 Å².